The molecule has 0 aliphatic carbocycles. The Bertz CT molecular complexity index is 741. The van der Waals surface area contributed by atoms with Gasteiger partial charge in [-0.15, -0.1) is 0 Å². The van der Waals surface area contributed by atoms with Gasteiger partial charge in [0.05, 0.1) is 12.2 Å². The first-order valence-electron chi connectivity index (χ1n) is 8.04. The average Bonchev–Trinajstić information content (AvgIpc) is 2.62. The second-order valence-corrected chi connectivity index (χ2v) is 6.36. The van der Waals surface area contributed by atoms with E-state index < -0.39 is 17.6 Å². The number of hydrogen-bond acceptors (Lipinski definition) is 4. The number of esters is 1. The highest BCUT2D eigenvalue weighted by molar-refractivity contribution is 7.99. The number of amides is 1. The van der Waals surface area contributed by atoms with E-state index in [-0.39, 0.29) is 30.2 Å². The number of carbonyl (C=O) groups is 2. The monoisotopic (exact) mass is 379 g/mol. The zero-order valence-electron chi connectivity index (χ0n) is 14.2. The molecule has 0 aromatic heterocycles. The minimum atomic E-state index is -2.64. The van der Waals surface area contributed by atoms with Gasteiger partial charge in [-0.3, -0.25) is 9.59 Å². The Morgan fingerprint density at radius 2 is 1.73 bits per heavy atom. The summed E-state index contributed by atoms with van der Waals surface area (Å²) >= 11 is 0.309. The molecule has 0 fully saturated rings. The van der Waals surface area contributed by atoms with Gasteiger partial charge >= 0.3 is 5.97 Å². The van der Waals surface area contributed by atoms with Crippen molar-refractivity contribution in [3.63, 3.8) is 0 Å². The lowest BCUT2D eigenvalue weighted by Gasteiger charge is -2.23. The molecular weight excluding hydrogens is 360 g/mol. The summed E-state index contributed by atoms with van der Waals surface area (Å²) in [5.74, 6) is -3.68. The predicted octanol–water partition coefficient (Wildman–Crippen LogP) is 4.21. The second-order valence-electron chi connectivity index (χ2n) is 5.33. The fourth-order valence-corrected chi connectivity index (χ4v) is 3.01. The SMILES string of the molecule is CCOC(=O)CN(Cc1ccccc1)C(=O)c1ccccc1SC(F)F. The van der Waals surface area contributed by atoms with Crippen LogP contribution in [-0.4, -0.2) is 35.7 Å². The molecule has 7 heteroatoms. The largest absolute Gasteiger partial charge is 0.465 e. The molecule has 0 saturated heterocycles. The Labute approximate surface area is 155 Å². The molecule has 2 rings (SSSR count). The maximum absolute atomic E-state index is 13.0. The minimum absolute atomic E-state index is 0.137. The van der Waals surface area contributed by atoms with Crippen molar-refractivity contribution in [1.82, 2.24) is 4.90 Å². The van der Waals surface area contributed by atoms with Crippen LogP contribution < -0.4 is 0 Å². The van der Waals surface area contributed by atoms with E-state index in [1.165, 1.54) is 17.0 Å². The Balaban J connectivity index is 2.29. The van der Waals surface area contributed by atoms with Gasteiger partial charge in [-0.2, -0.15) is 8.78 Å². The molecule has 0 unspecified atom stereocenters. The van der Waals surface area contributed by atoms with Crippen LogP contribution in [0.1, 0.15) is 22.8 Å². The standard InChI is InChI=1S/C19H19F2NO3S/c1-2-25-17(23)13-22(12-14-8-4-3-5-9-14)18(24)15-10-6-7-11-16(15)26-19(20)21/h3-11,19H,2,12-13H2,1H3. The third kappa shape index (κ3) is 5.84. The van der Waals surface area contributed by atoms with Gasteiger partial charge < -0.3 is 9.64 Å². The van der Waals surface area contributed by atoms with Crippen LogP contribution in [0.2, 0.25) is 0 Å². The normalized spacial score (nSPS) is 10.6. The summed E-state index contributed by atoms with van der Waals surface area (Å²) in [5.41, 5.74) is 0.960. The highest BCUT2D eigenvalue weighted by Gasteiger charge is 2.23. The van der Waals surface area contributed by atoms with E-state index in [4.69, 9.17) is 4.74 Å². The van der Waals surface area contributed by atoms with E-state index in [1.54, 1.807) is 19.1 Å². The molecule has 1 amide bonds. The predicted molar refractivity (Wildman–Crippen MR) is 96.1 cm³/mol. The molecule has 0 atom stereocenters. The maximum atomic E-state index is 13.0. The molecule has 0 saturated carbocycles. The number of thioether (sulfide) groups is 1. The summed E-state index contributed by atoms with van der Waals surface area (Å²) in [6.45, 7) is 1.79. The van der Waals surface area contributed by atoms with Gasteiger partial charge in [0, 0.05) is 11.4 Å². The van der Waals surface area contributed by atoms with E-state index in [2.05, 4.69) is 0 Å². The lowest BCUT2D eigenvalue weighted by molar-refractivity contribution is -0.143. The summed E-state index contributed by atoms with van der Waals surface area (Å²) in [7, 11) is 0. The van der Waals surface area contributed by atoms with Crippen LogP contribution in [0.25, 0.3) is 0 Å². The summed E-state index contributed by atoms with van der Waals surface area (Å²) in [6, 6.07) is 15.3. The molecular formula is C19H19F2NO3S. The quantitative estimate of drug-likeness (QED) is 0.509. The van der Waals surface area contributed by atoms with Crippen LogP contribution in [0.5, 0.6) is 0 Å². The van der Waals surface area contributed by atoms with E-state index in [9.17, 15) is 18.4 Å². The topological polar surface area (TPSA) is 46.6 Å². The first-order chi connectivity index (χ1) is 12.5. The number of carbonyl (C=O) groups excluding carboxylic acids is 2. The number of hydrogen-bond donors (Lipinski definition) is 0. The smallest absolute Gasteiger partial charge is 0.325 e. The van der Waals surface area contributed by atoms with Crippen LogP contribution in [0.3, 0.4) is 0 Å². The van der Waals surface area contributed by atoms with Crippen LogP contribution in [-0.2, 0) is 16.1 Å². The number of halogens is 2. The van der Waals surface area contributed by atoms with E-state index >= 15 is 0 Å². The number of ether oxygens (including phenoxy) is 1. The van der Waals surface area contributed by atoms with Crippen molar-refractivity contribution in [2.45, 2.75) is 24.1 Å². The molecule has 4 nitrogen and oxygen atoms in total. The van der Waals surface area contributed by atoms with E-state index in [0.29, 0.717) is 11.8 Å². The number of nitrogens with zero attached hydrogens (tertiary/aromatic N) is 1. The van der Waals surface area contributed by atoms with Gasteiger partial charge in [0.25, 0.3) is 11.7 Å². The van der Waals surface area contributed by atoms with E-state index in [0.717, 1.165) is 5.56 Å². The summed E-state index contributed by atoms with van der Waals surface area (Å²) in [5, 5.41) is 0. The van der Waals surface area contributed by atoms with Crippen molar-refractivity contribution in [2.75, 3.05) is 13.2 Å². The van der Waals surface area contributed by atoms with Crippen molar-refractivity contribution in [2.24, 2.45) is 0 Å². The molecule has 138 valence electrons. The van der Waals surface area contributed by atoms with Gasteiger partial charge in [0.2, 0.25) is 0 Å². The van der Waals surface area contributed by atoms with Crippen LogP contribution in [0, 0.1) is 0 Å². The first-order valence-corrected chi connectivity index (χ1v) is 8.92. The fourth-order valence-electron chi connectivity index (χ4n) is 2.38. The van der Waals surface area contributed by atoms with Crippen LogP contribution >= 0.6 is 11.8 Å². The highest BCUT2D eigenvalue weighted by Crippen LogP contribution is 2.29. The van der Waals surface area contributed by atoms with Crippen molar-refractivity contribution >= 4 is 23.6 Å². The Morgan fingerprint density at radius 1 is 1.08 bits per heavy atom. The molecule has 0 heterocycles. The van der Waals surface area contributed by atoms with Crippen LogP contribution in [0.15, 0.2) is 59.5 Å². The Kier molecular flexibility index (Phi) is 7.59. The molecule has 0 spiro atoms. The van der Waals surface area contributed by atoms with Crippen LogP contribution in [0.4, 0.5) is 8.78 Å². The zero-order chi connectivity index (χ0) is 18.9. The summed E-state index contributed by atoms with van der Waals surface area (Å²) in [4.78, 5) is 26.3. The Morgan fingerprint density at radius 3 is 2.38 bits per heavy atom. The number of benzene rings is 2. The first kappa shape index (κ1) is 19.9. The second kappa shape index (κ2) is 9.91. The van der Waals surface area contributed by atoms with Gasteiger partial charge in [0.1, 0.15) is 6.54 Å². The fraction of sp³-hybridized carbons (Fsp3) is 0.263. The van der Waals surface area contributed by atoms with Gasteiger partial charge in [0.15, 0.2) is 0 Å². The van der Waals surface area contributed by atoms with Crippen molar-refractivity contribution in [1.29, 1.82) is 0 Å². The van der Waals surface area contributed by atoms with Crippen molar-refractivity contribution in [3.8, 4) is 0 Å². The van der Waals surface area contributed by atoms with E-state index in [1.807, 2.05) is 30.3 Å². The van der Waals surface area contributed by atoms with Gasteiger partial charge in [-0.05, 0) is 24.6 Å². The molecule has 26 heavy (non-hydrogen) atoms. The van der Waals surface area contributed by atoms with Gasteiger partial charge in [-0.1, -0.05) is 54.2 Å². The third-order valence-electron chi connectivity index (χ3n) is 3.46. The zero-order valence-corrected chi connectivity index (χ0v) is 15.0. The lowest BCUT2D eigenvalue weighted by atomic mass is 10.1. The lowest BCUT2D eigenvalue weighted by Crippen LogP contribution is -2.36. The molecule has 0 N–H and O–H groups in total. The minimum Gasteiger partial charge on any atom is -0.465 e. The maximum Gasteiger partial charge on any atom is 0.325 e. The molecule has 0 aliphatic heterocycles. The van der Waals surface area contributed by atoms with Gasteiger partial charge in [-0.25, -0.2) is 0 Å². The summed E-state index contributed by atoms with van der Waals surface area (Å²) < 4.78 is 30.5. The number of alkyl halides is 2. The third-order valence-corrected chi connectivity index (χ3v) is 4.25. The van der Waals surface area contributed by atoms with Crippen molar-refractivity contribution in [3.05, 3.63) is 65.7 Å². The summed E-state index contributed by atoms with van der Waals surface area (Å²) in [6.07, 6.45) is 0. The molecule has 0 bridgehead atoms. The average molecular weight is 379 g/mol. The molecule has 2 aromatic carbocycles. The molecule has 0 aliphatic rings. The Hall–Kier alpha value is -2.41. The number of rotatable bonds is 8. The van der Waals surface area contributed by atoms with Crippen molar-refractivity contribution < 1.29 is 23.1 Å². The highest BCUT2D eigenvalue weighted by atomic mass is 32.2. The molecule has 2 aromatic rings. The molecule has 0 radical (unpaired) electrons.